The van der Waals surface area contributed by atoms with Gasteiger partial charge in [0, 0.05) is 12.5 Å². The first-order valence-corrected chi connectivity index (χ1v) is 9.28. The van der Waals surface area contributed by atoms with E-state index in [9.17, 15) is 9.59 Å². The number of carbonyl (C=O) groups excluding carboxylic acids is 2. The minimum Gasteiger partial charge on any atom is -0.465 e. The molecule has 4 nitrogen and oxygen atoms in total. The monoisotopic (exact) mass is 272 g/mol. The normalized spacial score (nSPS) is 25.1. The van der Waals surface area contributed by atoms with Crippen LogP contribution in [0.5, 0.6) is 0 Å². The van der Waals surface area contributed by atoms with E-state index in [0.29, 0.717) is 13.2 Å². The highest BCUT2D eigenvalue weighted by atomic mass is 28.4. The summed E-state index contributed by atoms with van der Waals surface area (Å²) in [5, 5.41) is 0.127. The molecule has 0 spiro atoms. The van der Waals surface area contributed by atoms with Crippen LogP contribution >= 0.6 is 0 Å². The van der Waals surface area contributed by atoms with Gasteiger partial charge >= 0.3 is 5.97 Å². The summed E-state index contributed by atoms with van der Waals surface area (Å²) in [6.07, 6.45) is 0. The third-order valence-electron chi connectivity index (χ3n) is 4.07. The van der Waals surface area contributed by atoms with Crippen molar-refractivity contribution < 1.29 is 18.8 Å². The second kappa shape index (κ2) is 5.13. The first kappa shape index (κ1) is 15.4. The highest BCUT2D eigenvalue weighted by molar-refractivity contribution is 6.74. The molecule has 1 aliphatic heterocycles. The molecular formula is C13H24O4Si. The lowest BCUT2D eigenvalue weighted by atomic mass is 9.93. The van der Waals surface area contributed by atoms with Crippen LogP contribution in [0.25, 0.3) is 0 Å². The molecule has 0 bridgehead atoms. The van der Waals surface area contributed by atoms with E-state index in [1.807, 2.05) is 0 Å². The van der Waals surface area contributed by atoms with Crippen molar-refractivity contribution in [2.24, 2.45) is 11.8 Å². The molecule has 1 rings (SSSR count). The van der Waals surface area contributed by atoms with Gasteiger partial charge in [0.1, 0.15) is 11.7 Å². The Bertz CT molecular complexity index is 343. The van der Waals surface area contributed by atoms with Crippen LogP contribution in [0.15, 0.2) is 0 Å². The average Bonchev–Trinajstić information content (AvgIpc) is 2.55. The molecule has 1 fully saturated rings. The summed E-state index contributed by atoms with van der Waals surface area (Å²) in [6, 6.07) is 0. The molecule has 5 heteroatoms. The average molecular weight is 272 g/mol. The van der Waals surface area contributed by atoms with E-state index in [-0.39, 0.29) is 16.7 Å². The minimum atomic E-state index is -1.84. The molecule has 0 aromatic heterocycles. The highest BCUT2D eigenvalue weighted by Gasteiger charge is 2.43. The number of Topliss-reactive ketones (excluding diaryl/α,β-unsaturated/α-hetero) is 1. The van der Waals surface area contributed by atoms with E-state index in [1.165, 1.54) is 6.92 Å². The summed E-state index contributed by atoms with van der Waals surface area (Å²) in [5.41, 5.74) is 0. The van der Waals surface area contributed by atoms with E-state index < -0.39 is 20.2 Å². The first-order chi connectivity index (χ1) is 8.06. The maximum absolute atomic E-state index is 11.5. The molecule has 0 radical (unpaired) electrons. The zero-order chi connectivity index (χ0) is 14.1. The predicted octanol–water partition coefficient (Wildman–Crippen LogP) is 2.39. The van der Waals surface area contributed by atoms with Crippen LogP contribution in [-0.4, -0.2) is 33.3 Å². The van der Waals surface area contributed by atoms with Crippen LogP contribution in [-0.2, 0) is 18.8 Å². The number of ketones is 1. The van der Waals surface area contributed by atoms with Gasteiger partial charge in [-0.1, -0.05) is 20.8 Å². The van der Waals surface area contributed by atoms with Crippen molar-refractivity contribution >= 4 is 20.1 Å². The van der Waals surface area contributed by atoms with Gasteiger partial charge < -0.3 is 9.16 Å². The third-order valence-corrected chi connectivity index (χ3v) is 8.57. The van der Waals surface area contributed by atoms with Crippen LogP contribution in [0.2, 0.25) is 18.1 Å². The third kappa shape index (κ3) is 3.20. The lowest BCUT2D eigenvalue weighted by molar-refractivity contribution is -0.144. The fraction of sp³-hybridized carbons (Fsp3) is 0.846. The molecule has 2 atom stereocenters. The number of rotatable bonds is 4. The molecule has 0 saturated carbocycles. The Morgan fingerprint density at radius 3 is 2.44 bits per heavy atom. The van der Waals surface area contributed by atoms with E-state index in [0.717, 1.165) is 0 Å². The fourth-order valence-corrected chi connectivity index (χ4v) is 2.81. The van der Waals surface area contributed by atoms with E-state index in [1.54, 1.807) is 0 Å². The van der Waals surface area contributed by atoms with Crippen LogP contribution in [0.4, 0.5) is 0 Å². The zero-order valence-electron chi connectivity index (χ0n) is 12.2. The second-order valence-corrected chi connectivity index (χ2v) is 11.4. The maximum Gasteiger partial charge on any atom is 0.316 e. The van der Waals surface area contributed by atoms with Gasteiger partial charge in [-0.15, -0.1) is 0 Å². The highest BCUT2D eigenvalue weighted by Crippen LogP contribution is 2.37. The van der Waals surface area contributed by atoms with Crippen molar-refractivity contribution in [3.63, 3.8) is 0 Å². The number of carbonyl (C=O) groups is 2. The molecular weight excluding hydrogens is 248 g/mol. The van der Waals surface area contributed by atoms with Crippen molar-refractivity contribution in [1.29, 1.82) is 0 Å². The van der Waals surface area contributed by atoms with Gasteiger partial charge in [-0.05, 0) is 25.1 Å². The van der Waals surface area contributed by atoms with Gasteiger partial charge in [0.2, 0.25) is 0 Å². The van der Waals surface area contributed by atoms with Crippen molar-refractivity contribution in [2.45, 2.75) is 45.8 Å². The predicted molar refractivity (Wildman–Crippen MR) is 71.8 cm³/mol. The van der Waals surface area contributed by atoms with E-state index >= 15 is 0 Å². The molecule has 104 valence electrons. The Balaban J connectivity index is 2.64. The summed E-state index contributed by atoms with van der Waals surface area (Å²) < 4.78 is 11.0. The zero-order valence-corrected chi connectivity index (χ0v) is 13.2. The van der Waals surface area contributed by atoms with Gasteiger partial charge in [-0.3, -0.25) is 9.59 Å². The Hall–Kier alpha value is -0.683. The maximum atomic E-state index is 11.5. The van der Waals surface area contributed by atoms with Gasteiger partial charge in [0.25, 0.3) is 0 Å². The number of esters is 1. The van der Waals surface area contributed by atoms with Crippen LogP contribution in [0.3, 0.4) is 0 Å². The first-order valence-electron chi connectivity index (χ1n) is 6.37. The van der Waals surface area contributed by atoms with Crippen LogP contribution in [0, 0.1) is 11.8 Å². The molecule has 0 aromatic rings. The minimum absolute atomic E-state index is 0.121. The van der Waals surface area contributed by atoms with Crippen molar-refractivity contribution in [3.05, 3.63) is 0 Å². The molecule has 18 heavy (non-hydrogen) atoms. The van der Waals surface area contributed by atoms with Gasteiger partial charge in [-0.25, -0.2) is 0 Å². The Labute approximate surface area is 110 Å². The summed E-state index contributed by atoms with van der Waals surface area (Å²) in [6.45, 7) is 13.0. The fourth-order valence-electron chi connectivity index (χ4n) is 1.74. The van der Waals surface area contributed by atoms with E-state index in [2.05, 4.69) is 33.9 Å². The smallest absolute Gasteiger partial charge is 0.316 e. The number of hydrogen-bond acceptors (Lipinski definition) is 4. The van der Waals surface area contributed by atoms with Crippen molar-refractivity contribution in [1.82, 2.24) is 0 Å². The van der Waals surface area contributed by atoms with Crippen molar-refractivity contribution in [3.8, 4) is 0 Å². The molecule has 1 aliphatic rings. The molecule has 0 amide bonds. The standard InChI is InChI=1S/C13H24O4Si/c1-9(14)11-10(7-16-12(11)15)8-17-18(5,6)13(2,3)4/h10-11H,7-8H2,1-6H3/t10-,11-/m1/s1. The van der Waals surface area contributed by atoms with Crippen LogP contribution < -0.4 is 0 Å². The number of cyclic esters (lactones) is 1. The van der Waals surface area contributed by atoms with Crippen LogP contribution in [0.1, 0.15) is 27.7 Å². The number of ether oxygens (including phenoxy) is 1. The van der Waals surface area contributed by atoms with E-state index in [4.69, 9.17) is 9.16 Å². The second-order valence-electron chi connectivity index (χ2n) is 6.55. The number of hydrogen-bond donors (Lipinski definition) is 0. The van der Waals surface area contributed by atoms with Gasteiger partial charge in [0.15, 0.2) is 8.32 Å². The lowest BCUT2D eigenvalue weighted by Crippen LogP contribution is -2.43. The molecule has 0 N–H and O–H groups in total. The Morgan fingerprint density at radius 1 is 1.44 bits per heavy atom. The largest absolute Gasteiger partial charge is 0.465 e. The summed E-state index contributed by atoms with van der Waals surface area (Å²) in [5.74, 6) is -1.27. The lowest BCUT2D eigenvalue weighted by Gasteiger charge is -2.37. The molecule has 0 aromatic carbocycles. The summed E-state index contributed by atoms with van der Waals surface area (Å²) in [4.78, 5) is 22.9. The Morgan fingerprint density at radius 2 is 2.00 bits per heavy atom. The molecule has 0 unspecified atom stereocenters. The topological polar surface area (TPSA) is 52.6 Å². The molecule has 1 saturated heterocycles. The summed E-state index contributed by atoms with van der Waals surface area (Å²) in [7, 11) is -1.84. The Kier molecular flexibility index (Phi) is 4.38. The van der Waals surface area contributed by atoms with Gasteiger partial charge in [0.05, 0.1) is 6.61 Å². The SMILES string of the molecule is CC(=O)[C@H]1C(=O)OC[C@@H]1CO[Si](C)(C)C(C)(C)C. The molecule has 0 aliphatic carbocycles. The van der Waals surface area contributed by atoms with Crippen molar-refractivity contribution in [2.75, 3.05) is 13.2 Å². The quantitative estimate of drug-likeness (QED) is 0.448. The summed E-state index contributed by atoms with van der Waals surface area (Å²) >= 11 is 0. The molecule has 1 heterocycles. The van der Waals surface area contributed by atoms with Gasteiger partial charge in [-0.2, -0.15) is 0 Å².